The van der Waals surface area contributed by atoms with Crippen LogP contribution in [0.3, 0.4) is 0 Å². The maximum absolute atomic E-state index is 14.3. The van der Waals surface area contributed by atoms with Gasteiger partial charge in [0.05, 0.1) is 57.9 Å². The van der Waals surface area contributed by atoms with Crippen molar-refractivity contribution < 1.29 is 26.3 Å². The van der Waals surface area contributed by atoms with Crippen molar-refractivity contribution in [1.29, 1.82) is 21.0 Å². The second-order valence-electron chi connectivity index (χ2n) is 13.8. The minimum atomic E-state index is -4.73. The first-order valence-corrected chi connectivity index (χ1v) is 18.0. The van der Waals surface area contributed by atoms with Crippen molar-refractivity contribution in [3.05, 3.63) is 146 Å². The molecule has 1 aliphatic heterocycles. The number of aliphatic imine (C=N–C) groups is 1. The normalized spacial score (nSPS) is 18.3. The Kier molecular flexibility index (Phi) is 10.0. The lowest BCUT2D eigenvalue weighted by Gasteiger charge is -2.16. The third-order valence-corrected chi connectivity index (χ3v) is 10.4. The maximum atomic E-state index is 14.3. The molecule has 5 nitrogen and oxygen atoms in total. The summed E-state index contributed by atoms with van der Waals surface area (Å²) in [6, 6.07) is 24.9. The molecule has 1 heterocycles. The standard InChI is InChI=1S/C46H29F6N5/c1-26-8-13-36-33-16-11-29(31-14-9-27(24-55)20-40(31)45(47,48)49)22-38(33)35(7-3-5-19-54)43(36)57-44-37-17-12-30(23-39(37)34(42(26)44)6-2-4-18-53)32-15-10-28(25-56)21-41(32)46(50,51)52/h6-7,9-12,14-17,20-23H,2-5,8,13H2,1H3/b34-6+,35-7+,42-26+,57-44-. The SMILES string of the molecule is C/C1=C2C(=N/C3=C(CC1)c1ccc(-c4ccc(C#N)cc4C(F)(F)F)cc1/C3=C\CCC#N)\c1ccc(-c3ccc(C#N)cc3C(F)(F)F)cc1C\2=C/CCC#N. The molecule has 0 spiro atoms. The van der Waals surface area contributed by atoms with E-state index >= 15 is 0 Å². The molecule has 280 valence electrons. The fourth-order valence-electron chi connectivity index (χ4n) is 7.81. The molecule has 3 aliphatic rings. The Morgan fingerprint density at radius 1 is 0.596 bits per heavy atom. The zero-order valence-electron chi connectivity index (χ0n) is 30.3. The lowest BCUT2D eigenvalue weighted by atomic mass is 9.91. The second-order valence-corrected chi connectivity index (χ2v) is 13.8. The number of alkyl halides is 6. The number of hydrogen-bond donors (Lipinski definition) is 0. The highest BCUT2D eigenvalue weighted by Crippen LogP contribution is 2.51. The molecule has 0 N–H and O–H groups in total. The first kappa shape index (κ1) is 38.3. The molecule has 0 amide bonds. The van der Waals surface area contributed by atoms with Crippen LogP contribution in [0.25, 0.3) is 39.0 Å². The van der Waals surface area contributed by atoms with Gasteiger partial charge >= 0.3 is 12.4 Å². The number of benzene rings is 4. The molecule has 0 saturated heterocycles. The summed E-state index contributed by atoms with van der Waals surface area (Å²) in [4.78, 5) is 5.32. The Hall–Kier alpha value is -6.95. The van der Waals surface area contributed by atoms with Gasteiger partial charge in [0.2, 0.25) is 0 Å². The number of unbranched alkanes of at least 4 members (excludes halogenated alkanes) is 2. The highest BCUT2D eigenvalue weighted by atomic mass is 19.4. The van der Waals surface area contributed by atoms with Gasteiger partial charge in [-0.15, -0.1) is 0 Å². The van der Waals surface area contributed by atoms with Crippen molar-refractivity contribution >= 4 is 22.4 Å². The van der Waals surface area contributed by atoms with E-state index in [0.29, 0.717) is 59.4 Å². The minimum Gasteiger partial charge on any atom is -0.247 e. The summed E-state index contributed by atoms with van der Waals surface area (Å²) in [5.41, 5.74) is 6.18. The molecular formula is C46H29F6N5. The number of rotatable bonds is 6. The Morgan fingerprint density at radius 2 is 1.09 bits per heavy atom. The van der Waals surface area contributed by atoms with Gasteiger partial charge in [0.25, 0.3) is 0 Å². The van der Waals surface area contributed by atoms with Crippen molar-refractivity contribution in [1.82, 2.24) is 0 Å². The van der Waals surface area contributed by atoms with Gasteiger partial charge in [0.15, 0.2) is 0 Å². The molecule has 0 bridgehead atoms. The average molecular weight is 766 g/mol. The van der Waals surface area contributed by atoms with Crippen LogP contribution in [-0.2, 0) is 12.4 Å². The van der Waals surface area contributed by atoms with E-state index in [1.54, 1.807) is 48.5 Å². The number of nitrogens with zero attached hydrogens (tertiary/aromatic N) is 5. The molecule has 0 fully saturated rings. The summed E-state index contributed by atoms with van der Waals surface area (Å²) < 4.78 is 85.9. The molecule has 57 heavy (non-hydrogen) atoms. The molecule has 0 radical (unpaired) electrons. The van der Waals surface area contributed by atoms with Crippen LogP contribution in [0.4, 0.5) is 26.3 Å². The summed E-state index contributed by atoms with van der Waals surface area (Å²) in [5.74, 6) is 0. The van der Waals surface area contributed by atoms with Gasteiger partial charge in [0.1, 0.15) is 0 Å². The molecule has 7 rings (SSSR count). The molecule has 0 saturated carbocycles. The lowest BCUT2D eigenvalue weighted by Crippen LogP contribution is -2.08. The summed E-state index contributed by atoms with van der Waals surface area (Å²) in [6.07, 6.45) is -3.51. The molecule has 4 aromatic rings. The largest absolute Gasteiger partial charge is 0.417 e. The zero-order chi connectivity index (χ0) is 40.6. The molecular weight excluding hydrogens is 737 g/mol. The zero-order valence-corrected chi connectivity index (χ0v) is 30.3. The van der Waals surface area contributed by atoms with Crippen LogP contribution in [0.1, 0.15) is 90.0 Å². The van der Waals surface area contributed by atoms with Crippen molar-refractivity contribution in [3.63, 3.8) is 0 Å². The Morgan fingerprint density at radius 3 is 1.60 bits per heavy atom. The molecule has 0 atom stereocenters. The highest BCUT2D eigenvalue weighted by molar-refractivity contribution is 6.31. The van der Waals surface area contributed by atoms with Crippen LogP contribution in [0, 0.1) is 45.3 Å². The van der Waals surface area contributed by atoms with E-state index < -0.39 is 23.5 Å². The topological polar surface area (TPSA) is 108 Å². The van der Waals surface area contributed by atoms with Crippen LogP contribution >= 0.6 is 0 Å². The Balaban J connectivity index is 1.42. The first-order chi connectivity index (χ1) is 27.3. The van der Waals surface area contributed by atoms with E-state index in [1.807, 2.05) is 19.1 Å². The first-order valence-electron chi connectivity index (χ1n) is 18.0. The van der Waals surface area contributed by atoms with E-state index in [-0.39, 0.29) is 46.2 Å². The molecule has 0 unspecified atom stereocenters. The van der Waals surface area contributed by atoms with E-state index in [4.69, 9.17) is 4.99 Å². The predicted molar refractivity (Wildman–Crippen MR) is 204 cm³/mol. The Labute approximate surface area is 324 Å². The van der Waals surface area contributed by atoms with E-state index in [1.165, 1.54) is 24.3 Å². The van der Waals surface area contributed by atoms with Crippen LogP contribution in [0.5, 0.6) is 0 Å². The van der Waals surface area contributed by atoms with Crippen LogP contribution < -0.4 is 0 Å². The quantitative estimate of drug-likeness (QED) is 0.144. The fraction of sp³-hybridized carbons (Fsp3) is 0.196. The van der Waals surface area contributed by atoms with Crippen LogP contribution in [0.2, 0.25) is 0 Å². The number of nitriles is 4. The third kappa shape index (κ3) is 7.06. The highest BCUT2D eigenvalue weighted by Gasteiger charge is 2.38. The van der Waals surface area contributed by atoms with E-state index in [0.717, 1.165) is 40.0 Å². The van der Waals surface area contributed by atoms with Gasteiger partial charge in [-0.25, -0.2) is 4.99 Å². The second kappa shape index (κ2) is 14.9. The van der Waals surface area contributed by atoms with Crippen molar-refractivity contribution in [2.45, 2.75) is 57.8 Å². The van der Waals surface area contributed by atoms with Crippen molar-refractivity contribution in [3.8, 4) is 46.5 Å². The lowest BCUT2D eigenvalue weighted by molar-refractivity contribution is -0.137. The van der Waals surface area contributed by atoms with Crippen molar-refractivity contribution in [2.24, 2.45) is 4.99 Å². The fourth-order valence-corrected chi connectivity index (χ4v) is 7.81. The predicted octanol–water partition coefficient (Wildman–Crippen LogP) is 12.5. The number of fused-ring (bicyclic) bond motifs is 5. The van der Waals surface area contributed by atoms with Crippen LogP contribution in [-0.4, -0.2) is 5.71 Å². The summed E-state index contributed by atoms with van der Waals surface area (Å²) in [6.45, 7) is 1.97. The number of allylic oxidation sites excluding steroid dienone is 7. The molecule has 2 aliphatic carbocycles. The monoisotopic (exact) mass is 765 g/mol. The van der Waals surface area contributed by atoms with Crippen molar-refractivity contribution in [2.75, 3.05) is 0 Å². The Bertz CT molecular complexity index is 2710. The van der Waals surface area contributed by atoms with Gasteiger partial charge in [-0.05, 0) is 119 Å². The number of hydrogen-bond acceptors (Lipinski definition) is 5. The molecule has 0 aromatic heterocycles. The van der Waals surface area contributed by atoms with E-state index in [2.05, 4.69) is 12.1 Å². The van der Waals surface area contributed by atoms with E-state index in [9.17, 15) is 47.4 Å². The minimum absolute atomic E-state index is 0.0882. The number of halogens is 6. The van der Waals surface area contributed by atoms with Gasteiger partial charge in [-0.3, -0.25) is 0 Å². The molecule has 11 heteroatoms. The summed E-state index contributed by atoms with van der Waals surface area (Å²) >= 11 is 0. The third-order valence-electron chi connectivity index (χ3n) is 10.4. The van der Waals surface area contributed by atoms with Gasteiger partial charge < -0.3 is 0 Å². The summed E-state index contributed by atoms with van der Waals surface area (Å²) in [7, 11) is 0. The average Bonchev–Trinajstić information content (AvgIpc) is 3.64. The smallest absolute Gasteiger partial charge is 0.247 e. The van der Waals surface area contributed by atoms with Crippen LogP contribution in [0.15, 0.2) is 107 Å². The summed E-state index contributed by atoms with van der Waals surface area (Å²) in [5, 5.41) is 37.4. The maximum Gasteiger partial charge on any atom is 0.417 e. The van der Waals surface area contributed by atoms with Gasteiger partial charge in [-0.2, -0.15) is 47.4 Å². The van der Waals surface area contributed by atoms with Gasteiger partial charge in [-0.1, -0.05) is 54.1 Å². The molecule has 4 aromatic carbocycles. The van der Waals surface area contributed by atoms with Gasteiger partial charge in [0, 0.05) is 29.6 Å².